The Bertz CT molecular complexity index is 865. The van der Waals surface area contributed by atoms with Gasteiger partial charge in [0.05, 0.1) is 17.6 Å². The first-order chi connectivity index (χ1) is 11.9. The van der Waals surface area contributed by atoms with Crippen LogP contribution in [0.5, 0.6) is 0 Å². The zero-order valence-corrected chi connectivity index (χ0v) is 15.9. The van der Waals surface area contributed by atoms with Gasteiger partial charge in [0.15, 0.2) is 0 Å². The Morgan fingerprint density at radius 3 is 3.00 bits per heavy atom. The Morgan fingerprint density at radius 1 is 1.44 bits per heavy atom. The van der Waals surface area contributed by atoms with Crippen LogP contribution in [-0.2, 0) is 14.8 Å². The third-order valence-electron chi connectivity index (χ3n) is 4.62. The van der Waals surface area contributed by atoms with E-state index in [-0.39, 0.29) is 29.3 Å². The second-order valence-corrected chi connectivity index (χ2v) is 8.84. The molecule has 7 nitrogen and oxygen atoms in total. The molecule has 1 aliphatic heterocycles. The molecule has 1 amide bonds. The average Bonchev–Trinajstić information content (AvgIpc) is 3.10. The molecule has 25 heavy (non-hydrogen) atoms. The standard InChI is InChI=1S/C16H22N4O3S2/c1-3-11(2)17-16(21)12-6-5-9-20(10-12)25(22,23)14-8-4-7-13-15(14)19-24-18-13/h4,7-8,11-12H,3,5-6,9-10H2,1-2H3,(H,17,21). The van der Waals surface area contributed by atoms with Crippen LogP contribution in [0.3, 0.4) is 0 Å². The first-order valence-corrected chi connectivity index (χ1v) is 10.6. The Balaban J connectivity index is 1.83. The van der Waals surface area contributed by atoms with Gasteiger partial charge >= 0.3 is 0 Å². The van der Waals surface area contributed by atoms with Gasteiger partial charge < -0.3 is 5.32 Å². The molecule has 2 heterocycles. The van der Waals surface area contributed by atoms with E-state index in [9.17, 15) is 13.2 Å². The summed E-state index contributed by atoms with van der Waals surface area (Å²) in [5.74, 6) is -0.381. The number of sulfonamides is 1. The molecule has 0 spiro atoms. The Hall–Kier alpha value is -1.58. The summed E-state index contributed by atoms with van der Waals surface area (Å²) in [5, 5.41) is 2.96. The van der Waals surface area contributed by atoms with E-state index in [1.165, 1.54) is 4.31 Å². The maximum absolute atomic E-state index is 13.1. The Morgan fingerprint density at radius 2 is 2.24 bits per heavy atom. The van der Waals surface area contributed by atoms with Crippen LogP contribution in [0.15, 0.2) is 23.1 Å². The topological polar surface area (TPSA) is 92.3 Å². The lowest BCUT2D eigenvalue weighted by Gasteiger charge is -2.31. The van der Waals surface area contributed by atoms with Gasteiger partial charge in [0.25, 0.3) is 0 Å². The van der Waals surface area contributed by atoms with Crippen LogP contribution in [0, 0.1) is 5.92 Å². The molecular formula is C16H22N4O3S2. The first kappa shape index (κ1) is 18.2. The molecule has 9 heteroatoms. The second kappa shape index (κ2) is 7.35. The number of piperidine rings is 1. The number of carbonyl (C=O) groups excluding carboxylic acids is 1. The number of aromatic nitrogens is 2. The number of benzene rings is 1. The second-order valence-electron chi connectivity index (χ2n) is 6.41. The molecule has 0 saturated carbocycles. The number of carbonyl (C=O) groups is 1. The molecule has 1 aromatic carbocycles. The zero-order chi connectivity index (χ0) is 18.0. The van der Waals surface area contributed by atoms with Crippen molar-refractivity contribution in [2.24, 2.45) is 5.92 Å². The quantitative estimate of drug-likeness (QED) is 0.854. The molecule has 2 atom stereocenters. The number of rotatable bonds is 5. The Kier molecular flexibility index (Phi) is 5.35. The highest BCUT2D eigenvalue weighted by Gasteiger charge is 2.34. The van der Waals surface area contributed by atoms with Gasteiger partial charge in [0, 0.05) is 19.1 Å². The van der Waals surface area contributed by atoms with Crippen LogP contribution in [0.4, 0.5) is 0 Å². The van der Waals surface area contributed by atoms with E-state index in [4.69, 9.17) is 0 Å². The molecule has 1 aromatic heterocycles. The molecule has 1 aliphatic rings. The van der Waals surface area contributed by atoms with E-state index in [0.29, 0.717) is 30.4 Å². The highest BCUT2D eigenvalue weighted by molar-refractivity contribution is 7.89. The van der Waals surface area contributed by atoms with Crippen LogP contribution in [0.2, 0.25) is 0 Å². The largest absolute Gasteiger partial charge is 0.353 e. The fraction of sp³-hybridized carbons (Fsp3) is 0.562. The van der Waals surface area contributed by atoms with E-state index in [2.05, 4.69) is 14.1 Å². The van der Waals surface area contributed by atoms with Crippen molar-refractivity contribution < 1.29 is 13.2 Å². The minimum Gasteiger partial charge on any atom is -0.353 e. The SMILES string of the molecule is CCC(C)NC(=O)C1CCCN(S(=O)(=O)c2cccc3nsnc23)C1. The summed E-state index contributed by atoms with van der Waals surface area (Å²) in [5.41, 5.74) is 0.979. The predicted molar refractivity (Wildman–Crippen MR) is 96.8 cm³/mol. The highest BCUT2D eigenvalue weighted by atomic mass is 32.2. The van der Waals surface area contributed by atoms with Crippen LogP contribution >= 0.6 is 11.7 Å². The molecule has 136 valence electrons. The van der Waals surface area contributed by atoms with Crippen molar-refractivity contribution in [2.75, 3.05) is 13.1 Å². The summed E-state index contributed by atoms with van der Waals surface area (Å²) in [6.45, 7) is 4.58. The van der Waals surface area contributed by atoms with E-state index >= 15 is 0 Å². The van der Waals surface area contributed by atoms with Crippen molar-refractivity contribution in [3.05, 3.63) is 18.2 Å². The minimum absolute atomic E-state index is 0.0669. The van der Waals surface area contributed by atoms with Crippen LogP contribution < -0.4 is 5.32 Å². The normalized spacial score (nSPS) is 20.5. The predicted octanol–water partition coefficient (Wildman–Crippen LogP) is 2.01. The molecule has 1 saturated heterocycles. The van der Waals surface area contributed by atoms with Gasteiger partial charge in [0.2, 0.25) is 15.9 Å². The third-order valence-corrected chi connectivity index (χ3v) is 7.06. The summed E-state index contributed by atoms with van der Waals surface area (Å²) < 4.78 is 35.8. The first-order valence-electron chi connectivity index (χ1n) is 8.45. The van der Waals surface area contributed by atoms with Gasteiger partial charge in [-0.3, -0.25) is 4.79 Å². The van der Waals surface area contributed by atoms with Crippen molar-refractivity contribution in [3.63, 3.8) is 0 Å². The molecular weight excluding hydrogens is 360 g/mol. The summed E-state index contributed by atoms with van der Waals surface area (Å²) in [4.78, 5) is 12.6. The van der Waals surface area contributed by atoms with Gasteiger partial charge in [-0.1, -0.05) is 13.0 Å². The summed E-state index contributed by atoms with van der Waals surface area (Å²) in [6, 6.07) is 5.07. The third kappa shape index (κ3) is 3.68. The van der Waals surface area contributed by atoms with Gasteiger partial charge in [0.1, 0.15) is 15.9 Å². The molecule has 2 unspecified atom stereocenters. The fourth-order valence-electron chi connectivity index (χ4n) is 2.97. The van der Waals surface area contributed by atoms with Crippen LogP contribution in [0.1, 0.15) is 33.1 Å². The lowest BCUT2D eigenvalue weighted by Crippen LogP contribution is -2.47. The number of amides is 1. The number of nitrogens with zero attached hydrogens (tertiary/aromatic N) is 3. The van der Waals surface area contributed by atoms with E-state index in [1.807, 2.05) is 13.8 Å². The number of hydrogen-bond donors (Lipinski definition) is 1. The van der Waals surface area contributed by atoms with E-state index in [0.717, 1.165) is 18.1 Å². The minimum atomic E-state index is -3.70. The lowest BCUT2D eigenvalue weighted by molar-refractivity contribution is -0.126. The number of nitrogens with one attached hydrogen (secondary N) is 1. The zero-order valence-electron chi connectivity index (χ0n) is 14.3. The van der Waals surface area contributed by atoms with Crippen LogP contribution in [0.25, 0.3) is 11.0 Å². The fourth-order valence-corrected chi connectivity index (χ4v) is 5.24. The van der Waals surface area contributed by atoms with Gasteiger partial charge in [-0.25, -0.2) is 8.42 Å². The van der Waals surface area contributed by atoms with Gasteiger partial charge in [-0.15, -0.1) is 0 Å². The number of hydrogen-bond acceptors (Lipinski definition) is 6. The van der Waals surface area contributed by atoms with Gasteiger partial charge in [-0.05, 0) is 38.3 Å². The average molecular weight is 383 g/mol. The van der Waals surface area contributed by atoms with Crippen molar-refractivity contribution in [3.8, 4) is 0 Å². The van der Waals surface area contributed by atoms with Crippen molar-refractivity contribution in [1.29, 1.82) is 0 Å². The van der Waals surface area contributed by atoms with Gasteiger partial charge in [-0.2, -0.15) is 13.1 Å². The van der Waals surface area contributed by atoms with Crippen LogP contribution in [-0.4, -0.2) is 46.5 Å². The Labute approximate surface area is 151 Å². The van der Waals surface area contributed by atoms with Crippen molar-refractivity contribution in [1.82, 2.24) is 18.4 Å². The summed E-state index contributed by atoms with van der Waals surface area (Å²) >= 11 is 0.997. The molecule has 0 bridgehead atoms. The van der Waals surface area contributed by atoms with Crippen molar-refractivity contribution in [2.45, 2.75) is 44.0 Å². The molecule has 0 radical (unpaired) electrons. The van der Waals surface area contributed by atoms with Crippen molar-refractivity contribution >= 4 is 38.7 Å². The molecule has 0 aliphatic carbocycles. The highest BCUT2D eigenvalue weighted by Crippen LogP contribution is 2.28. The molecule has 2 aromatic rings. The summed E-state index contributed by atoms with van der Waals surface area (Å²) in [7, 11) is -3.70. The maximum Gasteiger partial charge on any atom is 0.245 e. The molecule has 1 fully saturated rings. The summed E-state index contributed by atoms with van der Waals surface area (Å²) in [6.07, 6.45) is 2.22. The van der Waals surface area contributed by atoms with E-state index in [1.54, 1.807) is 18.2 Å². The number of fused-ring (bicyclic) bond motifs is 1. The maximum atomic E-state index is 13.1. The van der Waals surface area contributed by atoms with E-state index < -0.39 is 10.0 Å². The monoisotopic (exact) mass is 382 g/mol. The molecule has 3 rings (SSSR count). The lowest BCUT2D eigenvalue weighted by atomic mass is 9.98. The smallest absolute Gasteiger partial charge is 0.245 e. The molecule has 1 N–H and O–H groups in total.